The van der Waals surface area contributed by atoms with E-state index in [1.54, 1.807) is 25.1 Å². The number of hydrogen-bond donors (Lipinski definition) is 1. The molecule has 0 saturated carbocycles. The van der Waals surface area contributed by atoms with Crippen molar-refractivity contribution >= 4 is 50.5 Å². The predicted octanol–water partition coefficient (Wildman–Crippen LogP) is 5.82. The lowest BCUT2D eigenvalue weighted by molar-refractivity contribution is -0.384. The number of rotatable bonds is 9. The van der Waals surface area contributed by atoms with Crippen LogP contribution >= 0.6 is 15.9 Å². The standard InChI is InChI=1S/C28H22BrN3O6/c1-2-37-26-15-18(7-14-25(26)38-28(34)19-8-11-21(12-9-19)32(35)36)17-30-31-27(33)16-20-10-13-24(29)23-6-4-3-5-22(20)23/h3-15,17H,2,16H2,1H3,(H,31,33)/b30-17-. The summed E-state index contributed by atoms with van der Waals surface area (Å²) in [6.07, 6.45) is 1.62. The van der Waals surface area contributed by atoms with Gasteiger partial charge in [0.1, 0.15) is 0 Å². The topological polar surface area (TPSA) is 120 Å². The Morgan fingerprint density at radius 3 is 2.45 bits per heavy atom. The van der Waals surface area contributed by atoms with Crippen LogP contribution < -0.4 is 14.9 Å². The van der Waals surface area contributed by atoms with Gasteiger partial charge in [-0.05, 0) is 65.2 Å². The fourth-order valence-corrected chi connectivity index (χ4v) is 4.18. The number of carbonyl (C=O) groups excluding carboxylic acids is 2. The van der Waals surface area contributed by atoms with Crippen molar-refractivity contribution in [1.82, 2.24) is 5.43 Å². The second kappa shape index (κ2) is 12.1. The highest BCUT2D eigenvalue weighted by atomic mass is 79.9. The van der Waals surface area contributed by atoms with E-state index in [1.807, 2.05) is 36.4 Å². The first-order chi connectivity index (χ1) is 18.4. The van der Waals surface area contributed by atoms with Crippen molar-refractivity contribution in [3.8, 4) is 11.5 Å². The smallest absolute Gasteiger partial charge is 0.343 e. The quantitative estimate of drug-likeness (QED) is 0.0882. The third-order valence-corrected chi connectivity index (χ3v) is 6.19. The zero-order chi connectivity index (χ0) is 27.1. The van der Waals surface area contributed by atoms with E-state index in [2.05, 4.69) is 26.5 Å². The van der Waals surface area contributed by atoms with Crippen molar-refractivity contribution in [2.24, 2.45) is 5.10 Å². The van der Waals surface area contributed by atoms with Gasteiger partial charge in [-0.25, -0.2) is 10.2 Å². The molecule has 0 aliphatic rings. The number of nitro benzene ring substituents is 1. The maximum atomic E-state index is 12.5. The van der Waals surface area contributed by atoms with Gasteiger partial charge in [0.25, 0.3) is 5.69 Å². The Kier molecular flexibility index (Phi) is 8.44. The largest absolute Gasteiger partial charge is 0.490 e. The van der Waals surface area contributed by atoms with Crippen LogP contribution in [0.4, 0.5) is 5.69 Å². The van der Waals surface area contributed by atoms with Gasteiger partial charge >= 0.3 is 5.97 Å². The summed E-state index contributed by atoms with van der Waals surface area (Å²) < 4.78 is 12.0. The minimum absolute atomic E-state index is 0.127. The highest BCUT2D eigenvalue weighted by Gasteiger charge is 2.15. The number of benzene rings is 4. The number of fused-ring (bicyclic) bond motifs is 1. The monoisotopic (exact) mass is 575 g/mol. The number of halogens is 1. The molecule has 4 aromatic carbocycles. The summed E-state index contributed by atoms with van der Waals surface area (Å²) in [7, 11) is 0. The summed E-state index contributed by atoms with van der Waals surface area (Å²) in [5.41, 5.74) is 4.06. The molecule has 0 fully saturated rings. The minimum Gasteiger partial charge on any atom is -0.490 e. The molecule has 0 spiro atoms. The summed E-state index contributed by atoms with van der Waals surface area (Å²) in [5.74, 6) is -0.472. The average molecular weight is 576 g/mol. The van der Waals surface area contributed by atoms with E-state index in [4.69, 9.17) is 9.47 Å². The minimum atomic E-state index is -0.685. The zero-order valence-electron chi connectivity index (χ0n) is 20.2. The van der Waals surface area contributed by atoms with E-state index in [1.165, 1.54) is 30.5 Å². The van der Waals surface area contributed by atoms with Gasteiger partial charge in [0.15, 0.2) is 11.5 Å². The third kappa shape index (κ3) is 6.40. The normalized spacial score (nSPS) is 10.9. The molecule has 0 unspecified atom stereocenters. The number of carbonyl (C=O) groups is 2. The van der Waals surface area contributed by atoms with Crippen molar-refractivity contribution in [3.05, 3.63) is 110 Å². The summed E-state index contributed by atoms with van der Waals surface area (Å²) >= 11 is 3.53. The van der Waals surface area contributed by atoms with Crippen LogP contribution in [0.2, 0.25) is 0 Å². The Morgan fingerprint density at radius 2 is 1.74 bits per heavy atom. The summed E-state index contributed by atoms with van der Waals surface area (Å²) in [6, 6.07) is 21.6. The molecule has 0 heterocycles. The summed E-state index contributed by atoms with van der Waals surface area (Å²) in [6.45, 7) is 2.11. The van der Waals surface area contributed by atoms with E-state index in [-0.39, 0.29) is 29.3 Å². The van der Waals surface area contributed by atoms with Crippen LogP contribution in [0.25, 0.3) is 10.8 Å². The highest BCUT2D eigenvalue weighted by molar-refractivity contribution is 9.10. The van der Waals surface area contributed by atoms with Crippen molar-refractivity contribution < 1.29 is 24.0 Å². The second-order valence-electron chi connectivity index (χ2n) is 8.05. The molecule has 0 radical (unpaired) electrons. The van der Waals surface area contributed by atoms with Crippen LogP contribution in [0.5, 0.6) is 11.5 Å². The number of nitro groups is 1. The molecular formula is C28H22BrN3O6. The molecule has 0 bridgehead atoms. The van der Waals surface area contributed by atoms with Crippen molar-refractivity contribution in [1.29, 1.82) is 0 Å². The molecule has 0 saturated heterocycles. The van der Waals surface area contributed by atoms with E-state index in [9.17, 15) is 19.7 Å². The maximum absolute atomic E-state index is 12.5. The number of amides is 1. The van der Waals surface area contributed by atoms with Crippen LogP contribution in [0.1, 0.15) is 28.4 Å². The summed E-state index contributed by atoms with van der Waals surface area (Å²) in [5, 5.41) is 16.9. The SMILES string of the molecule is CCOc1cc(/C=N\NC(=O)Cc2ccc(Br)c3ccccc23)ccc1OC(=O)c1ccc([N+](=O)[O-])cc1. The molecule has 192 valence electrons. The third-order valence-electron chi connectivity index (χ3n) is 5.50. The number of esters is 1. The van der Waals surface area contributed by atoms with Gasteiger partial charge in [-0.15, -0.1) is 0 Å². The van der Waals surface area contributed by atoms with Gasteiger partial charge in [0, 0.05) is 16.6 Å². The molecule has 10 heteroatoms. The summed E-state index contributed by atoms with van der Waals surface area (Å²) in [4.78, 5) is 35.3. The van der Waals surface area contributed by atoms with Crippen LogP contribution in [0, 0.1) is 10.1 Å². The number of non-ortho nitro benzene ring substituents is 1. The Morgan fingerprint density at radius 1 is 1.00 bits per heavy atom. The van der Waals surface area contributed by atoms with Gasteiger partial charge in [-0.3, -0.25) is 14.9 Å². The van der Waals surface area contributed by atoms with Crippen LogP contribution in [0.15, 0.2) is 88.4 Å². The first-order valence-electron chi connectivity index (χ1n) is 11.6. The number of ether oxygens (including phenoxy) is 2. The lowest BCUT2D eigenvalue weighted by Gasteiger charge is -2.11. The maximum Gasteiger partial charge on any atom is 0.343 e. The number of nitrogens with one attached hydrogen (secondary N) is 1. The first kappa shape index (κ1) is 26.5. The zero-order valence-corrected chi connectivity index (χ0v) is 21.8. The van der Waals surface area contributed by atoms with Gasteiger partial charge in [0.2, 0.25) is 5.91 Å². The van der Waals surface area contributed by atoms with E-state index < -0.39 is 10.9 Å². The number of hydrazone groups is 1. The molecule has 9 nitrogen and oxygen atoms in total. The molecule has 0 aliphatic carbocycles. The Balaban J connectivity index is 1.42. The lowest BCUT2D eigenvalue weighted by atomic mass is 10.0. The predicted molar refractivity (Wildman–Crippen MR) is 147 cm³/mol. The van der Waals surface area contributed by atoms with Crippen LogP contribution in [-0.2, 0) is 11.2 Å². The van der Waals surface area contributed by atoms with Gasteiger partial charge in [-0.1, -0.05) is 46.3 Å². The fourth-order valence-electron chi connectivity index (χ4n) is 3.71. The molecule has 4 aromatic rings. The molecule has 4 rings (SSSR count). The average Bonchev–Trinajstić information content (AvgIpc) is 2.92. The molecule has 1 amide bonds. The molecule has 1 N–H and O–H groups in total. The Hall–Kier alpha value is -4.57. The fraction of sp³-hybridized carbons (Fsp3) is 0.107. The Bertz CT molecular complexity index is 1540. The molecular weight excluding hydrogens is 554 g/mol. The Labute approximate surface area is 226 Å². The van der Waals surface area contributed by atoms with Gasteiger partial charge < -0.3 is 9.47 Å². The van der Waals surface area contributed by atoms with Gasteiger partial charge in [-0.2, -0.15) is 5.10 Å². The van der Waals surface area contributed by atoms with Crippen molar-refractivity contribution in [2.45, 2.75) is 13.3 Å². The van der Waals surface area contributed by atoms with Gasteiger partial charge in [0.05, 0.1) is 29.7 Å². The second-order valence-corrected chi connectivity index (χ2v) is 8.91. The molecule has 0 atom stereocenters. The highest BCUT2D eigenvalue weighted by Crippen LogP contribution is 2.29. The van der Waals surface area contributed by atoms with Crippen molar-refractivity contribution in [3.63, 3.8) is 0 Å². The molecule has 0 aliphatic heterocycles. The molecule has 38 heavy (non-hydrogen) atoms. The van der Waals surface area contributed by atoms with Crippen molar-refractivity contribution in [2.75, 3.05) is 6.61 Å². The van der Waals surface area contributed by atoms with E-state index >= 15 is 0 Å². The lowest BCUT2D eigenvalue weighted by Crippen LogP contribution is -2.20. The van der Waals surface area contributed by atoms with E-state index in [0.29, 0.717) is 17.9 Å². The van der Waals surface area contributed by atoms with E-state index in [0.717, 1.165) is 20.8 Å². The molecule has 0 aromatic heterocycles. The number of nitrogens with zero attached hydrogens (tertiary/aromatic N) is 2. The van der Waals surface area contributed by atoms with Crippen LogP contribution in [0.3, 0.4) is 0 Å². The van der Waals surface area contributed by atoms with Crippen LogP contribution in [-0.4, -0.2) is 29.6 Å². The number of hydrogen-bond acceptors (Lipinski definition) is 7. The first-order valence-corrected chi connectivity index (χ1v) is 12.4.